The minimum Gasteiger partial charge on any atom is -0.348 e. The molecule has 0 spiro atoms. The zero-order valence-electron chi connectivity index (χ0n) is 8.51. The van der Waals surface area contributed by atoms with E-state index < -0.39 is 0 Å². The van der Waals surface area contributed by atoms with Crippen LogP contribution in [0.4, 0.5) is 0 Å². The van der Waals surface area contributed by atoms with Crippen LogP contribution in [0, 0.1) is 0 Å². The molecule has 3 nitrogen and oxygen atoms in total. The third-order valence-electron chi connectivity index (χ3n) is 2.83. The first-order valence-corrected chi connectivity index (χ1v) is 5.22. The monoisotopic (exact) mass is 185 g/mol. The van der Waals surface area contributed by atoms with Gasteiger partial charge in [-0.2, -0.15) is 0 Å². The Labute approximate surface area is 79.8 Å². The van der Waals surface area contributed by atoms with E-state index in [2.05, 4.69) is 5.32 Å². The lowest BCUT2D eigenvalue weighted by Gasteiger charge is -2.28. The van der Waals surface area contributed by atoms with Gasteiger partial charge in [0, 0.05) is 6.04 Å². The van der Waals surface area contributed by atoms with Crippen molar-refractivity contribution in [1.82, 2.24) is 5.32 Å². The Morgan fingerprint density at radius 1 is 1.31 bits per heavy atom. The van der Waals surface area contributed by atoms with Crippen LogP contribution in [-0.2, 0) is 9.47 Å². The highest BCUT2D eigenvalue weighted by molar-refractivity contribution is 4.85. The van der Waals surface area contributed by atoms with Gasteiger partial charge in [-0.25, -0.2) is 0 Å². The molecule has 2 aliphatic heterocycles. The molecule has 2 atom stereocenters. The van der Waals surface area contributed by atoms with Gasteiger partial charge >= 0.3 is 0 Å². The zero-order valence-corrected chi connectivity index (χ0v) is 8.51. The molecule has 2 saturated heterocycles. The highest BCUT2D eigenvalue weighted by Crippen LogP contribution is 2.26. The second-order valence-electron chi connectivity index (χ2n) is 4.42. The van der Waals surface area contributed by atoms with Gasteiger partial charge in [0.15, 0.2) is 5.79 Å². The van der Waals surface area contributed by atoms with Crippen molar-refractivity contribution in [3.8, 4) is 0 Å². The maximum Gasteiger partial charge on any atom is 0.163 e. The lowest BCUT2D eigenvalue weighted by Crippen LogP contribution is -2.44. The molecule has 0 bridgehead atoms. The average Bonchev–Trinajstić information content (AvgIpc) is 2.48. The molecule has 3 heteroatoms. The van der Waals surface area contributed by atoms with Crippen LogP contribution < -0.4 is 5.32 Å². The summed E-state index contributed by atoms with van der Waals surface area (Å²) in [5.41, 5.74) is 0. The minimum absolute atomic E-state index is 0.260. The molecular formula is C10H19NO2. The normalized spacial score (nSPS) is 39.2. The summed E-state index contributed by atoms with van der Waals surface area (Å²) in [5, 5.41) is 3.49. The second kappa shape index (κ2) is 3.56. The summed E-state index contributed by atoms with van der Waals surface area (Å²) in [6, 6.07) is 0.510. The van der Waals surface area contributed by atoms with E-state index in [-0.39, 0.29) is 11.9 Å². The van der Waals surface area contributed by atoms with Gasteiger partial charge < -0.3 is 14.8 Å². The van der Waals surface area contributed by atoms with Gasteiger partial charge in [0.1, 0.15) is 0 Å². The van der Waals surface area contributed by atoms with Crippen molar-refractivity contribution in [1.29, 1.82) is 0 Å². The van der Waals surface area contributed by atoms with Gasteiger partial charge in [-0.15, -0.1) is 0 Å². The molecule has 2 fully saturated rings. The molecule has 2 aliphatic rings. The van der Waals surface area contributed by atoms with Crippen molar-refractivity contribution in [3.05, 3.63) is 0 Å². The Kier molecular flexibility index (Phi) is 2.58. The minimum atomic E-state index is -0.371. The maximum absolute atomic E-state index is 5.80. The molecule has 0 aromatic rings. The molecule has 0 aromatic heterocycles. The first-order valence-electron chi connectivity index (χ1n) is 5.22. The van der Waals surface area contributed by atoms with Gasteiger partial charge in [0.2, 0.25) is 0 Å². The quantitative estimate of drug-likeness (QED) is 0.667. The molecule has 1 N–H and O–H groups in total. The molecule has 0 radical (unpaired) electrons. The summed E-state index contributed by atoms with van der Waals surface area (Å²) in [5.74, 6) is -0.371. The maximum atomic E-state index is 5.80. The summed E-state index contributed by atoms with van der Waals surface area (Å²) in [4.78, 5) is 0. The van der Waals surface area contributed by atoms with Crippen LogP contribution in [0.5, 0.6) is 0 Å². The smallest absolute Gasteiger partial charge is 0.163 e. The molecule has 0 amide bonds. The van der Waals surface area contributed by atoms with Gasteiger partial charge in [-0.3, -0.25) is 0 Å². The molecule has 0 aromatic carbocycles. The number of nitrogens with one attached hydrogen (secondary N) is 1. The lowest BCUT2D eigenvalue weighted by molar-refractivity contribution is -0.142. The van der Waals surface area contributed by atoms with E-state index in [1.54, 1.807) is 0 Å². The number of hydrogen-bond donors (Lipinski definition) is 1. The van der Waals surface area contributed by atoms with Crippen LogP contribution in [0.1, 0.15) is 33.1 Å². The van der Waals surface area contributed by atoms with Crippen LogP contribution in [0.25, 0.3) is 0 Å². The zero-order chi connectivity index (χ0) is 9.31. The molecule has 2 heterocycles. The molecule has 2 rings (SSSR count). The van der Waals surface area contributed by atoms with E-state index in [0.29, 0.717) is 6.04 Å². The standard InChI is InChI=1S/C10H19NO2/c1-10(2)12-7-9(13-10)8-5-3-4-6-11-8/h8-9,11H,3-7H2,1-2H3. The summed E-state index contributed by atoms with van der Waals surface area (Å²) in [7, 11) is 0. The third kappa shape index (κ3) is 2.22. The van der Waals surface area contributed by atoms with Crippen LogP contribution in [0.3, 0.4) is 0 Å². The van der Waals surface area contributed by atoms with E-state index in [1.165, 1.54) is 19.3 Å². The Hall–Kier alpha value is -0.120. The molecule has 76 valence electrons. The Balaban J connectivity index is 1.87. The largest absolute Gasteiger partial charge is 0.348 e. The van der Waals surface area contributed by atoms with Gasteiger partial charge in [-0.05, 0) is 33.2 Å². The number of piperidine rings is 1. The van der Waals surface area contributed by atoms with E-state index in [4.69, 9.17) is 9.47 Å². The van der Waals surface area contributed by atoms with Crippen molar-refractivity contribution in [3.63, 3.8) is 0 Å². The molecule has 0 saturated carbocycles. The Morgan fingerprint density at radius 2 is 2.15 bits per heavy atom. The third-order valence-corrected chi connectivity index (χ3v) is 2.83. The lowest BCUT2D eigenvalue weighted by atomic mass is 10.0. The first kappa shape index (κ1) is 9.44. The Morgan fingerprint density at radius 3 is 2.69 bits per heavy atom. The van der Waals surface area contributed by atoms with Gasteiger partial charge in [0.05, 0.1) is 12.7 Å². The number of rotatable bonds is 1. The molecular weight excluding hydrogens is 166 g/mol. The van der Waals surface area contributed by atoms with Crippen LogP contribution in [-0.4, -0.2) is 31.1 Å². The van der Waals surface area contributed by atoms with Crippen LogP contribution >= 0.6 is 0 Å². The second-order valence-corrected chi connectivity index (χ2v) is 4.42. The van der Waals surface area contributed by atoms with Crippen LogP contribution in [0.15, 0.2) is 0 Å². The SMILES string of the molecule is CC1(C)OCC(C2CCCCN2)O1. The van der Waals surface area contributed by atoms with E-state index in [1.807, 2.05) is 13.8 Å². The van der Waals surface area contributed by atoms with Crippen molar-refractivity contribution in [2.75, 3.05) is 13.2 Å². The number of hydrogen-bond acceptors (Lipinski definition) is 3. The van der Waals surface area contributed by atoms with E-state index in [0.717, 1.165) is 13.2 Å². The van der Waals surface area contributed by atoms with Crippen molar-refractivity contribution in [2.24, 2.45) is 0 Å². The fourth-order valence-corrected chi connectivity index (χ4v) is 2.11. The molecule has 2 unspecified atom stereocenters. The highest BCUT2D eigenvalue weighted by atomic mass is 16.7. The summed E-state index contributed by atoms with van der Waals surface area (Å²) < 4.78 is 11.3. The van der Waals surface area contributed by atoms with Crippen molar-refractivity contribution >= 4 is 0 Å². The van der Waals surface area contributed by atoms with Crippen LogP contribution in [0.2, 0.25) is 0 Å². The summed E-state index contributed by atoms with van der Waals surface area (Å²) in [6.45, 7) is 5.83. The predicted octanol–water partition coefficient (Wildman–Crippen LogP) is 1.28. The van der Waals surface area contributed by atoms with Crippen molar-refractivity contribution < 1.29 is 9.47 Å². The number of ether oxygens (including phenoxy) is 2. The Bertz CT molecular complexity index is 176. The summed E-state index contributed by atoms with van der Waals surface area (Å²) >= 11 is 0. The molecule has 0 aliphatic carbocycles. The molecule has 13 heavy (non-hydrogen) atoms. The predicted molar refractivity (Wildman–Crippen MR) is 50.5 cm³/mol. The topological polar surface area (TPSA) is 30.5 Å². The van der Waals surface area contributed by atoms with Gasteiger partial charge in [-0.1, -0.05) is 6.42 Å². The fourth-order valence-electron chi connectivity index (χ4n) is 2.11. The van der Waals surface area contributed by atoms with Crippen molar-refractivity contribution in [2.45, 2.75) is 51.0 Å². The average molecular weight is 185 g/mol. The van der Waals surface area contributed by atoms with Gasteiger partial charge in [0.25, 0.3) is 0 Å². The first-order chi connectivity index (χ1) is 6.17. The highest BCUT2D eigenvalue weighted by Gasteiger charge is 2.37. The van der Waals surface area contributed by atoms with E-state index >= 15 is 0 Å². The van der Waals surface area contributed by atoms with E-state index in [9.17, 15) is 0 Å². The summed E-state index contributed by atoms with van der Waals surface area (Å²) in [6.07, 6.45) is 4.10. The fraction of sp³-hybridized carbons (Fsp3) is 1.00.